The lowest BCUT2D eigenvalue weighted by Crippen LogP contribution is -2.29. The second-order valence-electron chi connectivity index (χ2n) is 5.52. The second kappa shape index (κ2) is 9.46. The van der Waals surface area contributed by atoms with E-state index in [9.17, 15) is 4.79 Å². The van der Waals surface area contributed by atoms with Gasteiger partial charge >= 0.3 is 0 Å². The summed E-state index contributed by atoms with van der Waals surface area (Å²) in [4.78, 5) is 20.4. The van der Waals surface area contributed by atoms with Gasteiger partial charge in [0.05, 0.1) is 26.0 Å². The van der Waals surface area contributed by atoms with Gasteiger partial charge in [0, 0.05) is 6.04 Å². The van der Waals surface area contributed by atoms with Crippen molar-refractivity contribution in [3.63, 3.8) is 0 Å². The highest BCUT2D eigenvalue weighted by Crippen LogP contribution is 2.16. The third kappa shape index (κ3) is 5.95. The molecule has 2 aromatic rings. The largest absolute Gasteiger partial charge is 0.497 e. The van der Waals surface area contributed by atoms with E-state index in [2.05, 4.69) is 34.4 Å². The minimum atomic E-state index is -0.277. The Hall–Kier alpha value is -2.83. The van der Waals surface area contributed by atoms with E-state index >= 15 is 0 Å². The summed E-state index contributed by atoms with van der Waals surface area (Å²) < 4.78 is 10.6. The molecule has 7 heteroatoms. The third-order valence-corrected chi connectivity index (χ3v) is 3.61. The average Bonchev–Trinajstić information content (AvgIpc) is 2.66. The molecule has 1 amide bonds. The number of aromatic nitrogens is 2. The Bertz CT molecular complexity index is 659. The average molecular weight is 344 g/mol. The topological polar surface area (TPSA) is 85.4 Å². The van der Waals surface area contributed by atoms with E-state index < -0.39 is 0 Å². The molecule has 0 radical (unpaired) electrons. The lowest BCUT2D eigenvalue weighted by atomic mass is 10.3. The SMILES string of the molecule is CCC(C)Nc1cnc(C(=O)NCCOc2ccc(OC)cc2)cn1. The number of methoxy groups -OCH3 is 1. The molecule has 1 unspecified atom stereocenters. The number of anilines is 1. The van der Waals surface area contributed by atoms with Gasteiger partial charge in [0.15, 0.2) is 0 Å². The first kappa shape index (κ1) is 18.5. The van der Waals surface area contributed by atoms with Crippen LogP contribution in [0.15, 0.2) is 36.7 Å². The summed E-state index contributed by atoms with van der Waals surface area (Å²) in [5, 5.41) is 5.95. The van der Waals surface area contributed by atoms with Gasteiger partial charge in [0.1, 0.15) is 29.6 Å². The van der Waals surface area contributed by atoms with Crippen molar-refractivity contribution in [1.82, 2.24) is 15.3 Å². The van der Waals surface area contributed by atoms with E-state index in [0.717, 1.165) is 17.9 Å². The van der Waals surface area contributed by atoms with Crippen molar-refractivity contribution in [2.75, 3.05) is 25.6 Å². The Kier molecular flexibility index (Phi) is 7.00. The first-order valence-corrected chi connectivity index (χ1v) is 8.26. The molecule has 0 aliphatic rings. The molecule has 134 valence electrons. The standard InChI is InChI=1S/C18H24N4O3/c1-4-13(2)22-17-12-20-16(11-21-17)18(23)19-9-10-25-15-7-5-14(24-3)6-8-15/h5-8,11-13H,4,9-10H2,1-3H3,(H,19,23)(H,21,22). The molecule has 1 heterocycles. The quantitative estimate of drug-likeness (QED) is 0.680. The van der Waals surface area contributed by atoms with Gasteiger partial charge in [-0.1, -0.05) is 6.92 Å². The van der Waals surface area contributed by atoms with Crippen LogP contribution in [-0.2, 0) is 0 Å². The third-order valence-electron chi connectivity index (χ3n) is 3.61. The molecule has 25 heavy (non-hydrogen) atoms. The van der Waals surface area contributed by atoms with Gasteiger partial charge in [0.2, 0.25) is 0 Å². The summed E-state index contributed by atoms with van der Waals surface area (Å²) in [7, 11) is 1.61. The van der Waals surface area contributed by atoms with E-state index in [1.54, 1.807) is 13.3 Å². The van der Waals surface area contributed by atoms with Crippen LogP contribution in [-0.4, -0.2) is 42.2 Å². The van der Waals surface area contributed by atoms with Crippen molar-refractivity contribution in [1.29, 1.82) is 0 Å². The lowest BCUT2D eigenvalue weighted by molar-refractivity contribution is 0.0941. The van der Waals surface area contributed by atoms with Crippen molar-refractivity contribution in [3.05, 3.63) is 42.4 Å². The van der Waals surface area contributed by atoms with Crippen LogP contribution < -0.4 is 20.1 Å². The maximum Gasteiger partial charge on any atom is 0.271 e. The lowest BCUT2D eigenvalue weighted by Gasteiger charge is -2.11. The molecule has 1 aromatic heterocycles. The summed E-state index contributed by atoms with van der Waals surface area (Å²) >= 11 is 0. The van der Waals surface area contributed by atoms with Crippen LogP contribution in [0.1, 0.15) is 30.8 Å². The number of rotatable bonds is 9. The minimum Gasteiger partial charge on any atom is -0.497 e. The Morgan fingerprint density at radius 3 is 2.48 bits per heavy atom. The first-order valence-electron chi connectivity index (χ1n) is 8.26. The molecular formula is C18H24N4O3. The summed E-state index contributed by atoms with van der Waals surface area (Å²) in [5.74, 6) is 1.87. The van der Waals surface area contributed by atoms with E-state index in [1.807, 2.05) is 24.3 Å². The van der Waals surface area contributed by atoms with Gasteiger partial charge in [-0.15, -0.1) is 0 Å². The highest BCUT2D eigenvalue weighted by Gasteiger charge is 2.08. The maximum absolute atomic E-state index is 12.0. The smallest absolute Gasteiger partial charge is 0.271 e. The number of ether oxygens (including phenoxy) is 2. The predicted octanol–water partition coefficient (Wildman–Crippen LogP) is 2.50. The molecule has 0 bridgehead atoms. The van der Waals surface area contributed by atoms with Crippen LogP contribution >= 0.6 is 0 Å². The number of nitrogens with one attached hydrogen (secondary N) is 2. The highest BCUT2D eigenvalue weighted by atomic mass is 16.5. The molecule has 0 fully saturated rings. The number of carbonyl (C=O) groups excluding carboxylic acids is 1. The van der Waals surface area contributed by atoms with Crippen molar-refractivity contribution in [2.24, 2.45) is 0 Å². The van der Waals surface area contributed by atoms with Crippen LogP contribution in [0.25, 0.3) is 0 Å². The highest BCUT2D eigenvalue weighted by molar-refractivity contribution is 5.91. The molecule has 2 N–H and O–H groups in total. The van der Waals surface area contributed by atoms with Crippen LogP contribution in [0.3, 0.4) is 0 Å². The number of nitrogens with zero attached hydrogens (tertiary/aromatic N) is 2. The summed E-state index contributed by atoms with van der Waals surface area (Å²) in [6, 6.07) is 7.57. The molecule has 2 rings (SSSR count). The molecular weight excluding hydrogens is 320 g/mol. The van der Waals surface area contributed by atoms with E-state index in [1.165, 1.54) is 6.20 Å². The minimum absolute atomic E-state index is 0.277. The Balaban J connectivity index is 1.74. The molecule has 1 aromatic carbocycles. The zero-order valence-electron chi connectivity index (χ0n) is 14.8. The van der Waals surface area contributed by atoms with Crippen LogP contribution in [0, 0.1) is 0 Å². The number of amides is 1. The van der Waals surface area contributed by atoms with Crippen LogP contribution in [0.2, 0.25) is 0 Å². The molecule has 0 aliphatic heterocycles. The van der Waals surface area contributed by atoms with Crippen molar-refractivity contribution in [3.8, 4) is 11.5 Å². The fourth-order valence-corrected chi connectivity index (χ4v) is 1.97. The van der Waals surface area contributed by atoms with Crippen molar-refractivity contribution >= 4 is 11.7 Å². The fourth-order valence-electron chi connectivity index (χ4n) is 1.97. The molecule has 0 aliphatic carbocycles. The monoisotopic (exact) mass is 344 g/mol. The molecule has 0 saturated carbocycles. The summed E-state index contributed by atoms with van der Waals surface area (Å²) in [6.07, 6.45) is 4.01. The van der Waals surface area contributed by atoms with E-state index in [-0.39, 0.29) is 11.6 Å². The van der Waals surface area contributed by atoms with Crippen molar-refractivity contribution < 1.29 is 14.3 Å². The van der Waals surface area contributed by atoms with Crippen LogP contribution in [0.5, 0.6) is 11.5 Å². The maximum atomic E-state index is 12.0. The molecule has 0 saturated heterocycles. The summed E-state index contributed by atoms with van der Waals surface area (Å²) in [5.41, 5.74) is 0.277. The van der Waals surface area contributed by atoms with Gasteiger partial charge in [-0.05, 0) is 37.6 Å². The predicted molar refractivity (Wildman–Crippen MR) is 96.2 cm³/mol. The van der Waals surface area contributed by atoms with E-state index in [0.29, 0.717) is 25.0 Å². The van der Waals surface area contributed by atoms with Crippen LogP contribution in [0.4, 0.5) is 5.82 Å². The Morgan fingerprint density at radius 2 is 1.88 bits per heavy atom. The van der Waals surface area contributed by atoms with Gasteiger partial charge < -0.3 is 20.1 Å². The zero-order chi connectivity index (χ0) is 18.1. The number of hydrogen-bond acceptors (Lipinski definition) is 6. The zero-order valence-corrected chi connectivity index (χ0v) is 14.8. The number of hydrogen-bond donors (Lipinski definition) is 2. The molecule has 1 atom stereocenters. The summed E-state index contributed by atoms with van der Waals surface area (Å²) in [6.45, 7) is 4.88. The van der Waals surface area contributed by atoms with Gasteiger partial charge in [-0.3, -0.25) is 4.79 Å². The molecule has 7 nitrogen and oxygen atoms in total. The van der Waals surface area contributed by atoms with Gasteiger partial charge in [-0.25, -0.2) is 9.97 Å². The van der Waals surface area contributed by atoms with Gasteiger partial charge in [0.25, 0.3) is 5.91 Å². The second-order valence-corrected chi connectivity index (χ2v) is 5.52. The Morgan fingerprint density at radius 1 is 1.16 bits per heavy atom. The van der Waals surface area contributed by atoms with Crippen molar-refractivity contribution in [2.45, 2.75) is 26.3 Å². The number of benzene rings is 1. The van der Waals surface area contributed by atoms with E-state index in [4.69, 9.17) is 9.47 Å². The fraction of sp³-hybridized carbons (Fsp3) is 0.389. The first-order chi connectivity index (χ1) is 12.1. The normalized spacial score (nSPS) is 11.5. The molecule has 0 spiro atoms. The van der Waals surface area contributed by atoms with Gasteiger partial charge in [-0.2, -0.15) is 0 Å². The Labute approximate surface area is 147 Å². The number of carbonyl (C=O) groups is 1.